The lowest BCUT2D eigenvalue weighted by Gasteiger charge is -2.12. The van der Waals surface area contributed by atoms with Crippen molar-refractivity contribution in [2.45, 2.75) is 19.8 Å². The van der Waals surface area contributed by atoms with Crippen LogP contribution in [0.3, 0.4) is 0 Å². The molecule has 19 heavy (non-hydrogen) atoms. The van der Waals surface area contributed by atoms with Crippen molar-refractivity contribution < 1.29 is 14.1 Å². The number of carbonyl (C=O) groups is 1. The maximum atomic E-state index is 12.1. The minimum absolute atomic E-state index is 0.207. The first-order valence-corrected chi connectivity index (χ1v) is 6.22. The van der Waals surface area contributed by atoms with E-state index in [0.717, 1.165) is 0 Å². The Bertz CT molecular complexity index is 583. The smallest absolute Gasteiger partial charge is 0.323 e. The maximum Gasteiger partial charge on any atom is 0.323 e. The lowest BCUT2D eigenvalue weighted by Crippen LogP contribution is -2.17. The van der Waals surface area contributed by atoms with Gasteiger partial charge in [0.25, 0.3) is 0 Å². The van der Waals surface area contributed by atoms with Crippen LogP contribution in [0.5, 0.6) is 0 Å². The van der Waals surface area contributed by atoms with E-state index in [9.17, 15) is 4.79 Å². The highest BCUT2D eigenvalue weighted by Gasteiger charge is 2.29. The molecule has 0 aliphatic heterocycles. The van der Waals surface area contributed by atoms with Gasteiger partial charge < -0.3 is 9.26 Å². The molecule has 2 rings (SSSR count). The van der Waals surface area contributed by atoms with Crippen molar-refractivity contribution >= 4 is 17.6 Å². The summed E-state index contributed by atoms with van der Waals surface area (Å²) in [5.74, 6) is -0.516. The van der Waals surface area contributed by atoms with Gasteiger partial charge in [0.05, 0.1) is 6.61 Å². The van der Waals surface area contributed by atoms with Crippen LogP contribution < -0.4 is 0 Å². The summed E-state index contributed by atoms with van der Waals surface area (Å²) in [7, 11) is 0. The Morgan fingerprint density at radius 2 is 2.32 bits per heavy atom. The second kappa shape index (κ2) is 5.84. The third-order valence-corrected chi connectivity index (χ3v) is 2.73. The summed E-state index contributed by atoms with van der Waals surface area (Å²) in [4.78, 5) is 16.2. The number of hydrogen-bond acceptors (Lipinski definition) is 5. The van der Waals surface area contributed by atoms with Gasteiger partial charge in [-0.15, -0.1) is 0 Å². The van der Waals surface area contributed by atoms with Crippen molar-refractivity contribution in [3.05, 3.63) is 46.6 Å². The number of carbonyl (C=O) groups excluding carboxylic acids is 1. The normalized spacial score (nSPS) is 12.2. The second-order valence-corrected chi connectivity index (χ2v) is 4.36. The molecule has 0 spiro atoms. The lowest BCUT2D eigenvalue weighted by molar-refractivity contribution is -0.144. The Morgan fingerprint density at radius 3 is 2.89 bits per heavy atom. The average molecular weight is 281 g/mol. The lowest BCUT2D eigenvalue weighted by atomic mass is 9.99. The van der Waals surface area contributed by atoms with Crippen LogP contribution in [-0.4, -0.2) is 22.7 Å². The van der Waals surface area contributed by atoms with Crippen LogP contribution in [0.15, 0.2) is 28.8 Å². The molecule has 6 heteroatoms. The highest BCUT2D eigenvalue weighted by molar-refractivity contribution is 6.30. The Balaban J connectivity index is 2.42. The van der Waals surface area contributed by atoms with Gasteiger partial charge in [-0.1, -0.05) is 28.9 Å². The molecular formula is C13H13ClN2O3. The molecule has 1 aromatic heterocycles. The highest BCUT2D eigenvalue weighted by Crippen LogP contribution is 2.26. The van der Waals surface area contributed by atoms with Gasteiger partial charge in [0, 0.05) is 5.02 Å². The van der Waals surface area contributed by atoms with Crippen molar-refractivity contribution in [2.75, 3.05) is 6.61 Å². The van der Waals surface area contributed by atoms with Crippen LogP contribution in [-0.2, 0) is 9.53 Å². The first kappa shape index (κ1) is 13.5. The number of benzene rings is 1. The van der Waals surface area contributed by atoms with E-state index in [1.807, 2.05) is 0 Å². The molecule has 0 fully saturated rings. The van der Waals surface area contributed by atoms with Gasteiger partial charge in [-0.3, -0.25) is 4.79 Å². The highest BCUT2D eigenvalue weighted by atomic mass is 35.5. The van der Waals surface area contributed by atoms with Crippen molar-refractivity contribution in [1.29, 1.82) is 0 Å². The Kier molecular flexibility index (Phi) is 4.16. The number of ether oxygens (including phenoxy) is 1. The molecule has 0 amide bonds. The van der Waals surface area contributed by atoms with Gasteiger partial charge in [0.1, 0.15) is 0 Å². The summed E-state index contributed by atoms with van der Waals surface area (Å²) in [6.45, 7) is 3.71. The van der Waals surface area contributed by atoms with Crippen molar-refractivity contribution in [1.82, 2.24) is 10.1 Å². The molecule has 5 nitrogen and oxygen atoms in total. The van der Waals surface area contributed by atoms with Gasteiger partial charge in [-0.05, 0) is 31.5 Å². The van der Waals surface area contributed by atoms with E-state index in [4.69, 9.17) is 20.9 Å². The molecule has 0 saturated heterocycles. The SMILES string of the molecule is CCOC(=O)C(c1cccc(Cl)c1)c1nc(C)no1. The number of rotatable bonds is 4. The monoisotopic (exact) mass is 280 g/mol. The fraction of sp³-hybridized carbons (Fsp3) is 0.308. The van der Waals surface area contributed by atoms with Crippen LogP contribution in [0.4, 0.5) is 0 Å². The van der Waals surface area contributed by atoms with Gasteiger partial charge in [0.15, 0.2) is 11.7 Å². The van der Waals surface area contributed by atoms with Crippen molar-refractivity contribution in [3.63, 3.8) is 0 Å². The quantitative estimate of drug-likeness (QED) is 0.806. The fourth-order valence-electron chi connectivity index (χ4n) is 1.72. The zero-order valence-electron chi connectivity index (χ0n) is 10.6. The van der Waals surface area contributed by atoms with E-state index in [2.05, 4.69) is 10.1 Å². The molecule has 0 aliphatic rings. The largest absolute Gasteiger partial charge is 0.465 e. The van der Waals surface area contributed by atoms with E-state index >= 15 is 0 Å². The molecular weight excluding hydrogens is 268 g/mol. The molecule has 1 unspecified atom stereocenters. The molecule has 0 saturated carbocycles. The third kappa shape index (κ3) is 3.12. The van der Waals surface area contributed by atoms with Crippen LogP contribution in [0.25, 0.3) is 0 Å². The number of nitrogens with zero attached hydrogens (tertiary/aromatic N) is 2. The molecule has 0 radical (unpaired) electrons. The van der Waals surface area contributed by atoms with Gasteiger partial charge in [-0.25, -0.2) is 0 Å². The Hall–Kier alpha value is -1.88. The Morgan fingerprint density at radius 1 is 1.53 bits per heavy atom. The van der Waals surface area contributed by atoms with Crippen LogP contribution >= 0.6 is 11.6 Å². The average Bonchev–Trinajstić information content (AvgIpc) is 2.76. The zero-order chi connectivity index (χ0) is 13.8. The van der Waals surface area contributed by atoms with E-state index < -0.39 is 11.9 Å². The summed E-state index contributed by atoms with van der Waals surface area (Å²) in [5.41, 5.74) is 0.662. The van der Waals surface area contributed by atoms with Crippen LogP contribution in [0.2, 0.25) is 5.02 Å². The summed E-state index contributed by atoms with van der Waals surface area (Å²) >= 11 is 5.94. The van der Waals surface area contributed by atoms with Crippen LogP contribution in [0, 0.1) is 6.92 Å². The van der Waals surface area contributed by atoms with E-state index in [0.29, 0.717) is 16.4 Å². The molecule has 1 heterocycles. The number of aryl methyl sites for hydroxylation is 1. The standard InChI is InChI=1S/C13H13ClN2O3/c1-3-18-13(17)11(12-15-8(2)16-19-12)9-5-4-6-10(14)7-9/h4-7,11H,3H2,1-2H3. The van der Waals surface area contributed by atoms with E-state index in [1.165, 1.54) is 0 Å². The van der Waals surface area contributed by atoms with Crippen molar-refractivity contribution in [3.8, 4) is 0 Å². The van der Waals surface area contributed by atoms with Crippen molar-refractivity contribution in [2.24, 2.45) is 0 Å². The van der Waals surface area contributed by atoms with Gasteiger partial charge >= 0.3 is 5.97 Å². The summed E-state index contributed by atoms with van der Waals surface area (Å²) < 4.78 is 10.1. The molecule has 0 N–H and O–H groups in total. The molecule has 1 aromatic carbocycles. The summed E-state index contributed by atoms with van der Waals surface area (Å²) in [6, 6.07) is 6.94. The first-order valence-electron chi connectivity index (χ1n) is 5.84. The second-order valence-electron chi connectivity index (χ2n) is 3.92. The maximum absolute atomic E-state index is 12.1. The third-order valence-electron chi connectivity index (χ3n) is 2.49. The number of esters is 1. The predicted octanol–water partition coefficient (Wildman–Crippen LogP) is 2.73. The molecule has 2 aromatic rings. The van der Waals surface area contributed by atoms with Gasteiger partial charge in [0.2, 0.25) is 5.89 Å². The first-order chi connectivity index (χ1) is 9.11. The Labute approximate surface area is 115 Å². The fourth-order valence-corrected chi connectivity index (χ4v) is 1.92. The predicted molar refractivity (Wildman–Crippen MR) is 69.0 cm³/mol. The topological polar surface area (TPSA) is 65.2 Å². The minimum atomic E-state index is -0.750. The zero-order valence-corrected chi connectivity index (χ0v) is 11.3. The number of aromatic nitrogens is 2. The van der Waals surface area contributed by atoms with E-state index in [1.54, 1.807) is 38.1 Å². The molecule has 0 bridgehead atoms. The molecule has 100 valence electrons. The van der Waals surface area contributed by atoms with E-state index in [-0.39, 0.29) is 12.5 Å². The molecule has 0 aliphatic carbocycles. The summed E-state index contributed by atoms with van der Waals surface area (Å²) in [6.07, 6.45) is 0. The number of halogens is 1. The van der Waals surface area contributed by atoms with Crippen LogP contribution in [0.1, 0.15) is 30.1 Å². The number of hydrogen-bond donors (Lipinski definition) is 0. The molecule has 1 atom stereocenters. The summed E-state index contributed by atoms with van der Waals surface area (Å²) in [5, 5.41) is 4.23. The minimum Gasteiger partial charge on any atom is -0.465 e. The van der Waals surface area contributed by atoms with Gasteiger partial charge in [-0.2, -0.15) is 4.98 Å².